The van der Waals surface area contributed by atoms with Crippen LogP contribution in [0.3, 0.4) is 0 Å². The molecule has 0 radical (unpaired) electrons. The molecule has 8 heteroatoms. The quantitative estimate of drug-likeness (QED) is 0.586. The Bertz CT molecular complexity index is 1070. The molecule has 2 aromatic carbocycles. The Morgan fingerprint density at radius 1 is 1.13 bits per heavy atom. The molecule has 5 nitrogen and oxygen atoms in total. The lowest BCUT2D eigenvalue weighted by Gasteiger charge is -2.23. The van der Waals surface area contributed by atoms with Crippen LogP contribution >= 0.6 is 0 Å². The number of anilines is 2. The molecule has 1 aliphatic rings. The summed E-state index contributed by atoms with van der Waals surface area (Å²) < 4.78 is 45.4. The van der Waals surface area contributed by atoms with Gasteiger partial charge in [-0.3, -0.25) is 4.79 Å². The van der Waals surface area contributed by atoms with Crippen LogP contribution in [0, 0.1) is 6.92 Å². The molecule has 2 heterocycles. The van der Waals surface area contributed by atoms with Crippen LogP contribution in [0.15, 0.2) is 52.9 Å². The SMILES string of the molecule is Cc1oc(-c2ccccc2)nc1CC(=O)Nc1cc(C(F)(F)F)ccc1N1CCCC1. The largest absolute Gasteiger partial charge is 0.441 e. The van der Waals surface area contributed by atoms with Crippen LogP contribution in [-0.2, 0) is 17.4 Å². The summed E-state index contributed by atoms with van der Waals surface area (Å²) in [5.41, 5.74) is 1.19. The number of halogens is 3. The first-order valence-electron chi connectivity index (χ1n) is 10.1. The molecule has 1 aliphatic heterocycles. The van der Waals surface area contributed by atoms with Crippen molar-refractivity contribution in [2.24, 2.45) is 0 Å². The highest BCUT2D eigenvalue weighted by Crippen LogP contribution is 2.36. The molecule has 1 aromatic heterocycles. The van der Waals surface area contributed by atoms with Crippen molar-refractivity contribution >= 4 is 17.3 Å². The van der Waals surface area contributed by atoms with Crippen molar-refractivity contribution in [1.82, 2.24) is 4.98 Å². The summed E-state index contributed by atoms with van der Waals surface area (Å²) in [7, 11) is 0. The maximum Gasteiger partial charge on any atom is 0.416 e. The van der Waals surface area contributed by atoms with E-state index in [0.29, 0.717) is 23.0 Å². The van der Waals surface area contributed by atoms with Gasteiger partial charge in [0.1, 0.15) is 5.76 Å². The third kappa shape index (κ3) is 4.73. The summed E-state index contributed by atoms with van der Waals surface area (Å²) in [6, 6.07) is 12.8. The van der Waals surface area contributed by atoms with E-state index in [0.717, 1.165) is 43.6 Å². The number of rotatable bonds is 5. The molecule has 0 spiro atoms. The number of nitrogens with one attached hydrogen (secondary N) is 1. The number of amides is 1. The van der Waals surface area contributed by atoms with Gasteiger partial charge >= 0.3 is 6.18 Å². The smallest absolute Gasteiger partial charge is 0.416 e. The lowest BCUT2D eigenvalue weighted by molar-refractivity contribution is -0.137. The van der Waals surface area contributed by atoms with Crippen LogP contribution in [0.25, 0.3) is 11.5 Å². The maximum atomic E-state index is 13.2. The first-order valence-corrected chi connectivity index (χ1v) is 10.1. The van der Waals surface area contributed by atoms with Gasteiger partial charge in [0.05, 0.1) is 29.1 Å². The van der Waals surface area contributed by atoms with Gasteiger partial charge in [-0.25, -0.2) is 4.98 Å². The van der Waals surface area contributed by atoms with E-state index in [2.05, 4.69) is 10.3 Å². The summed E-state index contributed by atoms with van der Waals surface area (Å²) in [5.74, 6) is 0.450. The van der Waals surface area contributed by atoms with E-state index in [1.807, 2.05) is 35.2 Å². The molecular weight excluding hydrogens is 407 g/mol. The van der Waals surface area contributed by atoms with Crippen molar-refractivity contribution in [3.8, 4) is 11.5 Å². The fourth-order valence-corrected chi connectivity index (χ4v) is 3.69. The molecular formula is C23H22F3N3O2. The Kier molecular flexibility index (Phi) is 5.71. The molecule has 0 bridgehead atoms. The van der Waals surface area contributed by atoms with Crippen molar-refractivity contribution in [2.45, 2.75) is 32.4 Å². The van der Waals surface area contributed by atoms with E-state index < -0.39 is 17.6 Å². The van der Waals surface area contributed by atoms with E-state index in [1.165, 1.54) is 6.07 Å². The van der Waals surface area contributed by atoms with Crippen LogP contribution in [0.1, 0.15) is 29.9 Å². The number of aryl methyl sites for hydroxylation is 1. The molecule has 0 unspecified atom stereocenters. The van der Waals surface area contributed by atoms with E-state index in [4.69, 9.17) is 4.42 Å². The summed E-state index contributed by atoms with van der Waals surface area (Å²) in [6.07, 6.45) is -2.65. The van der Waals surface area contributed by atoms with Gasteiger partial charge in [0.15, 0.2) is 0 Å². The van der Waals surface area contributed by atoms with Gasteiger partial charge in [-0.15, -0.1) is 0 Å². The zero-order valence-corrected chi connectivity index (χ0v) is 17.0. The van der Waals surface area contributed by atoms with E-state index in [9.17, 15) is 18.0 Å². The van der Waals surface area contributed by atoms with Gasteiger partial charge in [0.25, 0.3) is 0 Å². The molecule has 31 heavy (non-hydrogen) atoms. The molecule has 0 saturated carbocycles. The van der Waals surface area contributed by atoms with Gasteiger partial charge in [0.2, 0.25) is 11.8 Å². The minimum Gasteiger partial charge on any atom is -0.441 e. The summed E-state index contributed by atoms with van der Waals surface area (Å²) in [6.45, 7) is 3.20. The van der Waals surface area contributed by atoms with Crippen molar-refractivity contribution in [3.05, 3.63) is 65.5 Å². The monoisotopic (exact) mass is 429 g/mol. The van der Waals surface area contributed by atoms with Gasteiger partial charge in [-0.2, -0.15) is 13.2 Å². The van der Waals surface area contributed by atoms with Crippen LogP contribution in [0.2, 0.25) is 0 Å². The van der Waals surface area contributed by atoms with Crippen LogP contribution in [0.5, 0.6) is 0 Å². The summed E-state index contributed by atoms with van der Waals surface area (Å²) in [4.78, 5) is 19.1. The Hall–Kier alpha value is -3.29. The molecule has 3 aromatic rings. The van der Waals surface area contributed by atoms with Gasteiger partial charge in [-0.1, -0.05) is 18.2 Å². The molecule has 1 amide bonds. The normalized spacial score (nSPS) is 14.1. The van der Waals surface area contributed by atoms with Crippen molar-refractivity contribution in [1.29, 1.82) is 0 Å². The molecule has 1 saturated heterocycles. The number of benzene rings is 2. The number of hydrogen-bond donors (Lipinski definition) is 1. The number of carbonyl (C=O) groups is 1. The first kappa shape index (κ1) is 21.0. The third-order valence-electron chi connectivity index (χ3n) is 5.29. The van der Waals surface area contributed by atoms with Crippen LogP contribution < -0.4 is 10.2 Å². The van der Waals surface area contributed by atoms with Gasteiger partial charge < -0.3 is 14.6 Å². The lowest BCUT2D eigenvalue weighted by Crippen LogP contribution is -2.22. The van der Waals surface area contributed by atoms with E-state index in [-0.39, 0.29) is 12.1 Å². The second-order valence-electron chi connectivity index (χ2n) is 7.54. The minimum absolute atomic E-state index is 0.0994. The number of oxazole rings is 1. The Balaban J connectivity index is 1.56. The highest BCUT2D eigenvalue weighted by Gasteiger charge is 2.32. The average Bonchev–Trinajstić information content (AvgIpc) is 3.38. The fourth-order valence-electron chi connectivity index (χ4n) is 3.69. The predicted molar refractivity (Wildman–Crippen MR) is 112 cm³/mol. The Labute approximate surface area is 177 Å². The number of hydrogen-bond acceptors (Lipinski definition) is 4. The Morgan fingerprint density at radius 2 is 1.84 bits per heavy atom. The highest BCUT2D eigenvalue weighted by molar-refractivity contribution is 5.95. The average molecular weight is 429 g/mol. The number of aromatic nitrogens is 1. The van der Waals surface area contributed by atoms with Crippen molar-refractivity contribution < 1.29 is 22.4 Å². The Morgan fingerprint density at radius 3 is 2.52 bits per heavy atom. The standard InChI is InChI=1S/C23H22F3N3O2/c1-15-18(28-22(31-15)16-7-3-2-4-8-16)14-21(30)27-19-13-17(23(24,25)26)9-10-20(19)29-11-5-6-12-29/h2-4,7-10,13H,5-6,11-12,14H2,1H3,(H,27,30). The van der Waals surface area contributed by atoms with Gasteiger partial charge in [-0.05, 0) is 50.1 Å². The fraction of sp³-hybridized carbons (Fsp3) is 0.304. The summed E-state index contributed by atoms with van der Waals surface area (Å²) in [5, 5.41) is 2.66. The topological polar surface area (TPSA) is 58.4 Å². The molecule has 0 atom stereocenters. The zero-order valence-electron chi connectivity index (χ0n) is 17.0. The van der Waals surface area contributed by atoms with E-state index >= 15 is 0 Å². The summed E-state index contributed by atoms with van der Waals surface area (Å²) >= 11 is 0. The second kappa shape index (κ2) is 8.45. The van der Waals surface area contributed by atoms with E-state index in [1.54, 1.807) is 6.92 Å². The number of nitrogens with zero attached hydrogens (tertiary/aromatic N) is 2. The third-order valence-corrected chi connectivity index (χ3v) is 5.29. The second-order valence-corrected chi connectivity index (χ2v) is 7.54. The van der Waals surface area contributed by atoms with Crippen LogP contribution in [-0.4, -0.2) is 24.0 Å². The van der Waals surface area contributed by atoms with Crippen LogP contribution in [0.4, 0.5) is 24.5 Å². The lowest BCUT2D eigenvalue weighted by atomic mass is 10.1. The highest BCUT2D eigenvalue weighted by atomic mass is 19.4. The van der Waals surface area contributed by atoms with Crippen molar-refractivity contribution in [2.75, 3.05) is 23.3 Å². The molecule has 0 aliphatic carbocycles. The zero-order chi connectivity index (χ0) is 22.0. The minimum atomic E-state index is -4.49. The molecule has 162 valence electrons. The number of alkyl halides is 3. The molecule has 4 rings (SSSR count). The van der Waals surface area contributed by atoms with Gasteiger partial charge in [0, 0.05) is 18.7 Å². The maximum absolute atomic E-state index is 13.2. The molecule has 1 fully saturated rings. The van der Waals surface area contributed by atoms with Crippen molar-refractivity contribution in [3.63, 3.8) is 0 Å². The predicted octanol–water partition coefficient (Wildman–Crippen LogP) is 5.45. The molecule has 1 N–H and O–H groups in total. The number of carbonyl (C=O) groups excluding carboxylic acids is 1. The first-order chi connectivity index (χ1) is 14.8.